The number of nitrogens with two attached hydrogens (primary N) is 1. The molecule has 4 heteroatoms. The van der Waals surface area contributed by atoms with Gasteiger partial charge < -0.3 is 10.8 Å². The molecule has 1 aliphatic rings. The molecule has 3 N–H and O–H groups in total. The van der Waals surface area contributed by atoms with Gasteiger partial charge >= 0.3 is 0 Å². The lowest BCUT2D eigenvalue weighted by atomic mass is 9.74. The molecule has 2 rings (SSSR count). The van der Waals surface area contributed by atoms with Crippen LogP contribution in [0.3, 0.4) is 0 Å². The summed E-state index contributed by atoms with van der Waals surface area (Å²) in [6.07, 6.45) is 1.78. The molecule has 19 heavy (non-hydrogen) atoms. The monoisotopic (exact) mass is 285 g/mol. The van der Waals surface area contributed by atoms with Gasteiger partial charge in [0.2, 0.25) is 0 Å². The fourth-order valence-electron chi connectivity index (χ4n) is 3.21. The zero-order chi connectivity index (χ0) is 14.3. The van der Waals surface area contributed by atoms with E-state index >= 15 is 0 Å². The second kappa shape index (κ2) is 5.04. The van der Waals surface area contributed by atoms with Crippen LogP contribution in [0.2, 0.25) is 5.02 Å². The topological polar surface area (TPSA) is 46.2 Å². The van der Waals surface area contributed by atoms with E-state index in [1.807, 2.05) is 13.8 Å². The summed E-state index contributed by atoms with van der Waals surface area (Å²) in [5.41, 5.74) is 6.09. The predicted octanol–water partition coefficient (Wildman–Crippen LogP) is 3.15. The largest absolute Gasteiger partial charge is 0.392 e. The van der Waals surface area contributed by atoms with Gasteiger partial charge in [-0.05, 0) is 36.3 Å². The Kier molecular flexibility index (Phi) is 3.92. The summed E-state index contributed by atoms with van der Waals surface area (Å²) < 4.78 is 13.5. The highest BCUT2D eigenvalue weighted by molar-refractivity contribution is 6.31. The highest BCUT2D eigenvalue weighted by atomic mass is 35.5. The van der Waals surface area contributed by atoms with E-state index in [9.17, 15) is 9.50 Å². The van der Waals surface area contributed by atoms with E-state index in [4.69, 9.17) is 17.3 Å². The first-order chi connectivity index (χ1) is 8.82. The van der Waals surface area contributed by atoms with Crippen LogP contribution in [0.25, 0.3) is 0 Å². The van der Waals surface area contributed by atoms with Gasteiger partial charge in [0.1, 0.15) is 5.82 Å². The molecule has 0 spiro atoms. The van der Waals surface area contributed by atoms with Crippen LogP contribution in [0.15, 0.2) is 18.2 Å². The lowest BCUT2D eigenvalue weighted by Crippen LogP contribution is -2.44. The molecular formula is C15H21ClFNO. The molecule has 106 valence electrons. The molecule has 0 aliphatic heterocycles. The van der Waals surface area contributed by atoms with E-state index in [1.165, 1.54) is 6.07 Å². The third-order valence-corrected chi connectivity index (χ3v) is 4.99. The molecule has 1 saturated carbocycles. The third-order valence-electron chi connectivity index (χ3n) is 4.57. The van der Waals surface area contributed by atoms with Gasteiger partial charge in [-0.1, -0.05) is 37.6 Å². The normalized spacial score (nSPS) is 29.7. The van der Waals surface area contributed by atoms with Gasteiger partial charge in [-0.25, -0.2) is 4.39 Å². The minimum absolute atomic E-state index is 0.146. The molecular weight excluding hydrogens is 265 g/mol. The van der Waals surface area contributed by atoms with Crippen molar-refractivity contribution >= 4 is 11.6 Å². The Balaban J connectivity index is 2.32. The van der Waals surface area contributed by atoms with Gasteiger partial charge in [0.05, 0.1) is 11.1 Å². The number of benzene rings is 1. The highest BCUT2D eigenvalue weighted by Crippen LogP contribution is 2.50. The molecule has 2 nitrogen and oxygen atoms in total. The van der Waals surface area contributed by atoms with Crippen LogP contribution >= 0.6 is 11.6 Å². The first-order valence-electron chi connectivity index (χ1n) is 6.63. The van der Waals surface area contributed by atoms with E-state index in [1.54, 1.807) is 12.1 Å². The summed E-state index contributed by atoms with van der Waals surface area (Å²) >= 11 is 6.01. The molecule has 0 heterocycles. The van der Waals surface area contributed by atoms with Gasteiger partial charge in [0.25, 0.3) is 0 Å². The molecule has 0 bridgehead atoms. The molecule has 1 fully saturated rings. The van der Waals surface area contributed by atoms with Gasteiger partial charge in [-0.3, -0.25) is 0 Å². The first-order valence-corrected chi connectivity index (χ1v) is 7.01. The first kappa shape index (κ1) is 14.8. The average molecular weight is 286 g/mol. The Morgan fingerprint density at radius 2 is 2.11 bits per heavy atom. The maximum atomic E-state index is 13.5. The van der Waals surface area contributed by atoms with Crippen LogP contribution in [0, 0.1) is 16.6 Å². The Morgan fingerprint density at radius 3 is 2.63 bits per heavy atom. The molecule has 1 aliphatic carbocycles. The van der Waals surface area contributed by atoms with Crippen molar-refractivity contribution in [1.82, 2.24) is 0 Å². The Hall–Kier alpha value is -0.640. The summed E-state index contributed by atoms with van der Waals surface area (Å²) in [7, 11) is 0. The van der Waals surface area contributed by atoms with E-state index in [0.29, 0.717) is 13.0 Å². The number of hydrogen-bond donors (Lipinski definition) is 2. The minimum atomic E-state index is -0.496. The van der Waals surface area contributed by atoms with Crippen LogP contribution in [0.4, 0.5) is 4.39 Å². The summed E-state index contributed by atoms with van der Waals surface area (Å²) in [6.45, 7) is 4.47. The molecule has 0 aromatic heterocycles. The van der Waals surface area contributed by atoms with E-state index in [-0.39, 0.29) is 10.4 Å². The van der Waals surface area contributed by atoms with Crippen molar-refractivity contribution in [2.24, 2.45) is 16.6 Å². The van der Waals surface area contributed by atoms with Crippen molar-refractivity contribution in [3.05, 3.63) is 34.6 Å². The Morgan fingerprint density at radius 1 is 1.42 bits per heavy atom. The van der Waals surface area contributed by atoms with Gasteiger partial charge in [0, 0.05) is 12.0 Å². The molecule has 0 saturated heterocycles. The molecule has 0 amide bonds. The van der Waals surface area contributed by atoms with Crippen molar-refractivity contribution in [2.45, 2.75) is 39.2 Å². The van der Waals surface area contributed by atoms with Crippen LogP contribution in [-0.4, -0.2) is 17.8 Å². The Bertz CT molecular complexity index is 477. The summed E-state index contributed by atoms with van der Waals surface area (Å²) in [6, 6.07) is 4.80. The summed E-state index contributed by atoms with van der Waals surface area (Å²) in [5.74, 6) is -0.418. The third kappa shape index (κ3) is 2.51. The van der Waals surface area contributed by atoms with Gasteiger partial charge in [0.15, 0.2) is 0 Å². The van der Waals surface area contributed by atoms with Crippen molar-refractivity contribution in [2.75, 3.05) is 6.54 Å². The second-order valence-electron chi connectivity index (χ2n) is 6.35. The molecule has 2 atom stereocenters. The number of rotatable bonds is 3. The van der Waals surface area contributed by atoms with Crippen LogP contribution in [0.5, 0.6) is 0 Å². The lowest BCUT2D eigenvalue weighted by molar-refractivity contribution is -0.00465. The molecule has 1 aromatic carbocycles. The predicted molar refractivity (Wildman–Crippen MR) is 75.6 cm³/mol. The van der Waals surface area contributed by atoms with E-state index < -0.39 is 17.3 Å². The standard InChI is InChI=1S/C15H21ClFNO/c1-14(2)6-7-15(9-18,13(14)19)8-10-4-3-5-11(17)12(10)16/h3-5,13,19H,6-9,18H2,1-2H3. The van der Waals surface area contributed by atoms with Gasteiger partial charge in [-0.15, -0.1) is 0 Å². The quantitative estimate of drug-likeness (QED) is 0.896. The van der Waals surface area contributed by atoms with Crippen LogP contribution < -0.4 is 5.73 Å². The fraction of sp³-hybridized carbons (Fsp3) is 0.600. The number of halogens is 2. The van der Waals surface area contributed by atoms with E-state index in [0.717, 1.165) is 18.4 Å². The maximum absolute atomic E-state index is 13.5. The average Bonchev–Trinajstić information content (AvgIpc) is 2.60. The van der Waals surface area contributed by atoms with Crippen molar-refractivity contribution in [3.63, 3.8) is 0 Å². The van der Waals surface area contributed by atoms with E-state index in [2.05, 4.69) is 0 Å². The number of aliphatic hydroxyl groups is 1. The zero-order valence-electron chi connectivity index (χ0n) is 11.4. The van der Waals surface area contributed by atoms with Crippen molar-refractivity contribution in [1.29, 1.82) is 0 Å². The minimum Gasteiger partial charge on any atom is -0.392 e. The SMILES string of the molecule is CC1(C)CCC(CN)(Cc2cccc(F)c2Cl)C1O. The lowest BCUT2D eigenvalue weighted by Gasteiger charge is -2.36. The summed E-state index contributed by atoms with van der Waals surface area (Å²) in [5, 5.41) is 10.7. The van der Waals surface area contributed by atoms with Crippen molar-refractivity contribution < 1.29 is 9.50 Å². The second-order valence-corrected chi connectivity index (χ2v) is 6.73. The molecule has 0 radical (unpaired) electrons. The zero-order valence-corrected chi connectivity index (χ0v) is 12.2. The smallest absolute Gasteiger partial charge is 0.142 e. The Labute approximate surface area is 118 Å². The van der Waals surface area contributed by atoms with Gasteiger partial charge in [-0.2, -0.15) is 0 Å². The van der Waals surface area contributed by atoms with Crippen LogP contribution in [0.1, 0.15) is 32.3 Å². The van der Waals surface area contributed by atoms with Crippen LogP contribution in [-0.2, 0) is 6.42 Å². The number of aliphatic hydroxyl groups excluding tert-OH is 1. The highest BCUT2D eigenvalue weighted by Gasteiger charge is 2.51. The number of hydrogen-bond acceptors (Lipinski definition) is 2. The maximum Gasteiger partial charge on any atom is 0.142 e. The van der Waals surface area contributed by atoms with Crippen molar-refractivity contribution in [3.8, 4) is 0 Å². The summed E-state index contributed by atoms with van der Waals surface area (Å²) in [4.78, 5) is 0. The molecule has 2 unspecified atom stereocenters. The fourth-order valence-corrected chi connectivity index (χ4v) is 3.40. The molecule has 1 aromatic rings.